The van der Waals surface area contributed by atoms with E-state index in [2.05, 4.69) is 55.1 Å². The molecule has 0 saturated carbocycles. The van der Waals surface area contributed by atoms with Crippen LogP contribution in [-0.2, 0) is 5.41 Å². The van der Waals surface area contributed by atoms with Crippen LogP contribution >= 0.6 is 0 Å². The first kappa shape index (κ1) is 12.2. The second kappa shape index (κ2) is 4.67. The molecule has 19 heavy (non-hydrogen) atoms. The molecule has 1 aliphatic rings. The zero-order valence-electron chi connectivity index (χ0n) is 11.0. The molecule has 0 spiro atoms. The minimum absolute atomic E-state index is 0.107. The highest BCUT2D eigenvalue weighted by Gasteiger charge is 2.41. The van der Waals surface area contributed by atoms with Crippen LogP contribution in [0.4, 0.5) is 0 Å². The van der Waals surface area contributed by atoms with Gasteiger partial charge in [-0.3, -0.25) is 0 Å². The van der Waals surface area contributed by atoms with Crippen molar-refractivity contribution in [2.45, 2.75) is 18.3 Å². The van der Waals surface area contributed by atoms with Crippen molar-refractivity contribution in [2.75, 3.05) is 6.61 Å². The molecule has 2 aromatic rings. The first-order valence-corrected chi connectivity index (χ1v) is 6.74. The molecule has 0 radical (unpaired) electrons. The van der Waals surface area contributed by atoms with Crippen molar-refractivity contribution < 1.29 is 5.11 Å². The molecule has 96 valence electrons. The summed E-state index contributed by atoms with van der Waals surface area (Å²) >= 11 is 0. The third kappa shape index (κ3) is 1.66. The summed E-state index contributed by atoms with van der Waals surface area (Å²) < 4.78 is 0. The summed E-state index contributed by atoms with van der Waals surface area (Å²) in [5.41, 5.74) is 5.14. The Bertz CT molecular complexity index is 567. The van der Waals surface area contributed by atoms with Crippen molar-refractivity contribution in [2.24, 2.45) is 0 Å². The molecular formula is C18H18O. The summed E-state index contributed by atoms with van der Waals surface area (Å²) in [6.07, 6.45) is 3.57. The molecule has 0 bridgehead atoms. The van der Waals surface area contributed by atoms with E-state index in [1.165, 1.54) is 22.3 Å². The van der Waals surface area contributed by atoms with Crippen molar-refractivity contribution in [1.29, 1.82) is 0 Å². The first-order valence-electron chi connectivity index (χ1n) is 6.74. The fourth-order valence-corrected chi connectivity index (χ4v) is 3.44. The number of hydrogen-bond donors (Lipinski definition) is 1. The maximum Gasteiger partial charge on any atom is 0.0442 e. The van der Waals surface area contributed by atoms with E-state index in [1.54, 1.807) is 0 Å². The minimum atomic E-state index is -0.107. The summed E-state index contributed by atoms with van der Waals surface area (Å²) in [4.78, 5) is 0. The van der Waals surface area contributed by atoms with Crippen LogP contribution in [0.2, 0.25) is 0 Å². The number of benzene rings is 2. The zero-order valence-corrected chi connectivity index (χ0v) is 11.0. The van der Waals surface area contributed by atoms with Crippen LogP contribution in [0.25, 0.3) is 11.1 Å². The molecule has 1 aliphatic carbocycles. The molecule has 0 aromatic heterocycles. The van der Waals surface area contributed by atoms with Gasteiger partial charge in [0, 0.05) is 12.0 Å². The van der Waals surface area contributed by atoms with Crippen LogP contribution in [0.1, 0.15) is 24.0 Å². The van der Waals surface area contributed by atoms with Gasteiger partial charge in [0.2, 0.25) is 0 Å². The average Bonchev–Trinajstić information content (AvgIpc) is 2.72. The first-order chi connectivity index (χ1) is 9.33. The lowest BCUT2D eigenvalue weighted by Crippen LogP contribution is -2.26. The number of rotatable bonds is 4. The molecule has 0 heterocycles. The largest absolute Gasteiger partial charge is 0.396 e. The Morgan fingerprint density at radius 2 is 1.47 bits per heavy atom. The van der Waals surface area contributed by atoms with Gasteiger partial charge in [0.05, 0.1) is 0 Å². The van der Waals surface area contributed by atoms with Gasteiger partial charge in [-0.2, -0.15) is 0 Å². The van der Waals surface area contributed by atoms with Crippen LogP contribution in [0.3, 0.4) is 0 Å². The van der Waals surface area contributed by atoms with E-state index < -0.39 is 0 Å². The predicted octanol–water partition coefficient (Wildman–Crippen LogP) is 3.91. The van der Waals surface area contributed by atoms with E-state index in [9.17, 15) is 5.11 Å². The predicted molar refractivity (Wildman–Crippen MR) is 79.2 cm³/mol. The molecule has 2 aromatic carbocycles. The van der Waals surface area contributed by atoms with E-state index >= 15 is 0 Å². The fourth-order valence-electron chi connectivity index (χ4n) is 3.44. The van der Waals surface area contributed by atoms with E-state index in [1.807, 2.05) is 6.08 Å². The number of fused-ring (bicyclic) bond motifs is 3. The Morgan fingerprint density at radius 1 is 0.947 bits per heavy atom. The van der Waals surface area contributed by atoms with Crippen LogP contribution in [0.15, 0.2) is 61.2 Å². The average molecular weight is 250 g/mol. The molecular weight excluding hydrogens is 232 g/mol. The van der Waals surface area contributed by atoms with Crippen molar-refractivity contribution in [3.63, 3.8) is 0 Å². The van der Waals surface area contributed by atoms with Gasteiger partial charge in [0.15, 0.2) is 0 Å². The van der Waals surface area contributed by atoms with Gasteiger partial charge in [-0.15, -0.1) is 6.58 Å². The van der Waals surface area contributed by atoms with Crippen LogP contribution < -0.4 is 0 Å². The number of hydrogen-bond acceptors (Lipinski definition) is 1. The molecule has 1 nitrogen and oxygen atoms in total. The second-order valence-corrected chi connectivity index (χ2v) is 5.14. The molecule has 0 atom stereocenters. The van der Waals surface area contributed by atoms with Crippen molar-refractivity contribution in [3.05, 3.63) is 72.3 Å². The maximum absolute atomic E-state index is 9.54. The molecule has 0 unspecified atom stereocenters. The summed E-state index contributed by atoms with van der Waals surface area (Å²) in [6.45, 7) is 4.11. The van der Waals surface area contributed by atoms with E-state index in [0.29, 0.717) is 0 Å². The summed E-state index contributed by atoms with van der Waals surface area (Å²) in [5.74, 6) is 0. The standard InChI is InChI=1S/C18H18O/c1-2-11-18(12-13-19)16-9-5-3-7-14(16)15-8-4-6-10-17(15)18/h2-10,19H,1,11-13H2. The van der Waals surface area contributed by atoms with Crippen LogP contribution in [0.5, 0.6) is 0 Å². The molecule has 0 fully saturated rings. The highest BCUT2D eigenvalue weighted by Crippen LogP contribution is 2.52. The van der Waals surface area contributed by atoms with Gasteiger partial charge in [-0.25, -0.2) is 0 Å². The van der Waals surface area contributed by atoms with Crippen molar-refractivity contribution >= 4 is 0 Å². The number of aliphatic hydroxyl groups excluding tert-OH is 1. The van der Waals surface area contributed by atoms with E-state index in [0.717, 1.165) is 12.8 Å². The Kier molecular flexibility index (Phi) is 3.00. The third-order valence-corrected chi connectivity index (χ3v) is 4.21. The Hall–Kier alpha value is -1.86. The van der Waals surface area contributed by atoms with Gasteiger partial charge in [-0.05, 0) is 35.1 Å². The van der Waals surface area contributed by atoms with Crippen molar-refractivity contribution in [1.82, 2.24) is 0 Å². The molecule has 1 heteroatoms. The Balaban J connectivity index is 2.31. The molecule has 0 saturated heterocycles. The number of aliphatic hydroxyl groups is 1. The molecule has 0 amide bonds. The lowest BCUT2D eigenvalue weighted by Gasteiger charge is -2.30. The third-order valence-electron chi connectivity index (χ3n) is 4.21. The Morgan fingerprint density at radius 3 is 1.95 bits per heavy atom. The maximum atomic E-state index is 9.54. The van der Waals surface area contributed by atoms with Crippen molar-refractivity contribution in [3.8, 4) is 11.1 Å². The van der Waals surface area contributed by atoms with Gasteiger partial charge < -0.3 is 5.11 Å². The Labute approximate surface area is 114 Å². The summed E-state index contributed by atoms with van der Waals surface area (Å²) in [7, 11) is 0. The normalized spacial score (nSPS) is 14.8. The second-order valence-electron chi connectivity index (χ2n) is 5.14. The minimum Gasteiger partial charge on any atom is -0.396 e. The van der Waals surface area contributed by atoms with E-state index in [-0.39, 0.29) is 12.0 Å². The zero-order chi connectivity index (χ0) is 13.3. The number of allylic oxidation sites excluding steroid dienone is 1. The van der Waals surface area contributed by atoms with Gasteiger partial charge in [0.25, 0.3) is 0 Å². The van der Waals surface area contributed by atoms with Gasteiger partial charge >= 0.3 is 0 Å². The van der Waals surface area contributed by atoms with Gasteiger partial charge in [0.1, 0.15) is 0 Å². The van der Waals surface area contributed by atoms with Crippen LogP contribution in [-0.4, -0.2) is 11.7 Å². The lowest BCUT2D eigenvalue weighted by atomic mass is 9.73. The quantitative estimate of drug-likeness (QED) is 0.816. The van der Waals surface area contributed by atoms with Gasteiger partial charge in [-0.1, -0.05) is 54.6 Å². The summed E-state index contributed by atoms with van der Waals surface area (Å²) in [5, 5.41) is 9.54. The topological polar surface area (TPSA) is 20.2 Å². The van der Waals surface area contributed by atoms with E-state index in [4.69, 9.17) is 0 Å². The molecule has 3 rings (SSSR count). The smallest absolute Gasteiger partial charge is 0.0442 e. The highest BCUT2D eigenvalue weighted by atomic mass is 16.3. The fraction of sp³-hybridized carbons (Fsp3) is 0.222. The monoisotopic (exact) mass is 250 g/mol. The summed E-state index contributed by atoms with van der Waals surface area (Å²) in [6, 6.07) is 17.1. The van der Waals surface area contributed by atoms with Crippen LogP contribution in [0, 0.1) is 0 Å². The molecule has 1 N–H and O–H groups in total. The molecule has 0 aliphatic heterocycles. The highest BCUT2D eigenvalue weighted by molar-refractivity contribution is 5.81. The lowest BCUT2D eigenvalue weighted by molar-refractivity contribution is 0.255. The SMILES string of the molecule is C=CCC1(CCO)c2ccccc2-c2ccccc21.